The number of halogens is 2. The fourth-order valence-corrected chi connectivity index (χ4v) is 0.198. The summed E-state index contributed by atoms with van der Waals surface area (Å²) < 4.78 is -0.742. The molecule has 0 radical (unpaired) electrons. The Kier molecular flexibility index (Phi) is 2.77. The Morgan fingerprint density at radius 3 is 2.38 bits per heavy atom. The van der Waals surface area contributed by atoms with Gasteiger partial charge in [-0.25, -0.2) is 0 Å². The Balaban J connectivity index is 3.91. The van der Waals surface area contributed by atoms with Gasteiger partial charge >= 0.3 is 0 Å². The lowest BCUT2D eigenvalue weighted by Crippen LogP contribution is -2.36. The second-order valence-corrected chi connectivity index (χ2v) is 3.71. The molecule has 2 N–H and O–H groups in total. The largest absolute Gasteiger partial charge is 0.368 e. The molecule has 2 nitrogen and oxygen atoms in total. The fraction of sp³-hybridized carbons (Fsp3) is 0.750. The van der Waals surface area contributed by atoms with E-state index in [1.165, 1.54) is 0 Å². The van der Waals surface area contributed by atoms with Crippen molar-refractivity contribution in [1.29, 1.82) is 0 Å². The Labute approximate surface area is 61.5 Å². The monoisotopic (exact) mass is 199 g/mol. The molecular formula is C4H7BrClNO. The summed E-state index contributed by atoms with van der Waals surface area (Å²) in [6.07, 6.45) is 0. The van der Waals surface area contributed by atoms with Gasteiger partial charge in [0.1, 0.15) is 4.32 Å². The van der Waals surface area contributed by atoms with Crippen LogP contribution >= 0.6 is 27.5 Å². The molecule has 0 aromatic carbocycles. The fourth-order valence-electron chi connectivity index (χ4n) is 0.0659. The lowest BCUT2D eigenvalue weighted by molar-refractivity contribution is -0.119. The zero-order valence-electron chi connectivity index (χ0n) is 4.45. The molecule has 1 atom stereocenters. The van der Waals surface area contributed by atoms with Gasteiger partial charge in [0.05, 0.1) is 0 Å². The smallest absolute Gasteiger partial charge is 0.235 e. The Hall–Kier alpha value is 0.240. The van der Waals surface area contributed by atoms with Crippen LogP contribution in [0, 0.1) is 0 Å². The number of nitrogens with two attached hydrogens (primary N) is 1. The van der Waals surface area contributed by atoms with Crippen LogP contribution in [0.2, 0.25) is 0 Å². The van der Waals surface area contributed by atoms with Gasteiger partial charge in [0.2, 0.25) is 5.91 Å². The van der Waals surface area contributed by atoms with Crippen LogP contribution in [0.4, 0.5) is 0 Å². The highest BCUT2D eigenvalue weighted by molar-refractivity contribution is 9.10. The van der Waals surface area contributed by atoms with E-state index in [9.17, 15) is 4.79 Å². The van der Waals surface area contributed by atoms with Crippen molar-refractivity contribution in [3.8, 4) is 0 Å². The standard InChI is InChI=1S/C4H7BrClNO/c1-4(5,2-6)3(7)8/h2H2,1H3,(H2,7,8). The molecule has 0 saturated carbocycles. The van der Waals surface area contributed by atoms with E-state index in [-0.39, 0.29) is 5.88 Å². The van der Waals surface area contributed by atoms with Crippen LogP contribution in [-0.2, 0) is 4.79 Å². The molecule has 0 heterocycles. The number of hydrogen-bond acceptors (Lipinski definition) is 1. The Morgan fingerprint density at radius 1 is 2.00 bits per heavy atom. The average molecular weight is 200 g/mol. The van der Waals surface area contributed by atoms with E-state index in [4.69, 9.17) is 17.3 Å². The summed E-state index contributed by atoms with van der Waals surface area (Å²) in [6.45, 7) is 1.63. The minimum atomic E-state index is -0.742. The second-order valence-electron chi connectivity index (χ2n) is 1.70. The molecule has 0 spiro atoms. The lowest BCUT2D eigenvalue weighted by atomic mass is 10.2. The molecule has 0 saturated heterocycles. The summed E-state index contributed by atoms with van der Waals surface area (Å²) in [5, 5.41) is 0. The van der Waals surface area contributed by atoms with E-state index in [1.807, 2.05) is 0 Å². The van der Waals surface area contributed by atoms with E-state index in [0.717, 1.165) is 0 Å². The van der Waals surface area contributed by atoms with Crippen LogP contribution in [0.1, 0.15) is 6.92 Å². The first-order chi connectivity index (χ1) is 3.50. The van der Waals surface area contributed by atoms with Crippen LogP contribution < -0.4 is 5.73 Å². The third-order valence-electron chi connectivity index (χ3n) is 0.765. The molecule has 4 heteroatoms. The first-order valence-corrected chi connectivity index (χ1v) is 3.38. The zero-order valence-corrected chi connectivity index (χ0v) is 6.79. The molecule has 48 valence electrons. The Bertz CT molecular complexity index is 104. The molecule has 1 unspecified atom stereocenters. The molecule has 0 aliphatic heterocycles. The first-order valence-electron chi connectivity index (χ1n) is 2.05. The van der Waals surface area contributed by atoms with Gasteiger partial charge in [0.15, 0.2) is 0 Å². The molecule has 0 aliphatic carbocycles. The van der Waals surface area contributed by atoms with Gasteiger partial charge in [0, 0.05) is 5.88 Å². The molecular weight excluding hydrogens is 193 g/mol. The molecule has 0 fully saturated rings. The molecule has 0 aliphatic rings. The Morgan fingerprint density at radius 2 is 2.38 bits per heavy atom. The van der Waals surface area contributed by atoms with Gasteiger partial charge in [-0.15, -0.1) is 11.6 Å². The van der Waals surface area contributed by atoms with Crippen molar-refractivity contribution in [2.45, 2.75) is 11.2 Å². The second kappa shape index (κ2) is 2.69. The van der Waals surface area contributed by atoms with Gasteiger partial charge in [-0.3, -0.25) is 4.79 Å². The predicted octanol–water partition coefficient (Wildman–Crippen LogP) is 0.864. The quantitative estimate of drug-likeness (QED) is 0.660. The number of hydrogen-bond donors (Lipinski definition) is 1. The van der Waals surface area contributed by atoms with Crippen LogP contribution in [0.5, 0.6) is 0 Å². The molecule has 0 aromatic heterocycles. The van der Waals surface area contributed by atoms with Crippen molar-refractivity contribution in [2.75, 3.05) is 5.88 Å². The van der Waals surface area contributed by atoms with Crippen molar-refractivity contribution in [2.24, 2.45) is 5.73 Å². The summed E-state index contributed by atoms with van der Waals surface area (Å²) in [5.74, 6) is -0.241. The van der Waals surface area contributed by atoms with Crippen molar-refractivity contribution in [1.82, 2.24) is 0 Å². The summed E-state index contributed by atoms with van der Waals surface area (Å²) >= 11 is 8.38. The normalized spacial score (nSPS) is 17.4. The number of alkyl halides is 2. The van der Waals surface area contributed by atoms with E-state index >= 15 is 0 Å². The van der Waals surface area contributed by atoms with Crippen LogP contribution in [0.25, 0.3) is 0 Å². The summed E-state index contributed by atoms with van der Waals surface area (Å²) in [7, 11) is 0. The highest BCUT2D eigenvalue weighted by Gasteiger charge is 2.25. The van der Waals surface area contributed by atoms with Crippen molar-refractivity contribution < 1.29 is 4.79 Å². The SMILES string of the molecule is CC(Br)(CCl)C(N)=O. The number of primary amides is 1. The topological polar surface area (TPSA) is 43.1 Å². The molecule has 0 rings (SSSR count). The minimum absolute atomic E-state index is 0.197. The third kappa shape index (κ3) is 2.01. The number of amides is 1. The first kappa shape index (κ1) is 8.24. The third-order valence-corrected chi connectivity index (χ3v) is 2.29. The van der Waals surface area contributed by atoms with Gasteiger partial charge in [-0.2, -0.15) is 0 Å². The van der Waals surface area contributed by atoms with Gasteiger partial charge < -0.3 is 5.73 Å². The number of rotatable bonds is 2. The number of carbonyl (C=O) groups is 1. The highest BCUT2D eigenvalue weighted by atomic mass is 79.9. The summed E-state index contributed by atoms with van der Waals surface area (Å²) in [6, 6.07) is 0. The van der Waals surface area contributed by atoms with Crippen LogP contribution in [-0.4, -0.2) is 16.1 Å². The number of carbonyl (C=O) groups excluding carboxylic acids is 1. The highest BCUT2D eigenvalue weighted by Crippen LogP contribution is 2.17. The van der Waals surface area contributed by atoms with E-state index in [2.05, 4.69) is 15.9 Å². The maximum Gasteiger partial charge on any atom is 0.235 e. The average Bonchev–Trinajstić information content (AvgIpc) is 1.67. The van der Waals surface area contributed by atoms with E-state index in [1.54, 1.807) is 6.92 Å². The maximum atomic E-state index is 10.3. The van der Waals surface area contributed by atoms with Crippen molar-refractivity contribution in [3.63, 3.8) is 0 Å². The van der Waals surface area contributed by atoms with Gasteiger partial charge in [0.25, 0.3) is 0 Å². The molecule has 0 aromatic rings. The van der Waals surface area contributed by atoms with Crippen molar-refractivity contribution >= 4 is 33.4 Å². The van der Waals surface area contributed by atoms with Crippen LogP contribution in [0.3, 0.4) is 0 Å². The molecule has 8 heavy (non-hydrogen) atoms. The molecule has 1 amide bonds. The molecule has 0 bridgehead atoms. The summed E-state index contributed by atoms with van der Waals surface area (Å²) in [4.78, 5) is 10.3. The van der Waals surface area contributed by atoms with Crippen molar-refractivity contribution in [3.05, 3.63) is 0 Å². The van der Waals surface area contributed by atoms with Crippen LogP contribution in [0.15, 0.2) is 0 Å². The predicted molar refractivity (Wildman–Crippen MR) is 37.2 cm³/mol. The van der Waals surface area contributed by atoms with E-state index in [0.29, 0.717) is 0 Å². The maximum absolute atomic E-state index is 10.3. The zero-order chi connectivity index (χ0) is 6.78. The minimum Gasteiger partial charge on any atom is -0.368 e. The van der Waals surface area contributed by atoms with Gasteiger partial charge in [-0.05, 0) is 6.92 Å². The van der Waals surface area contributed by atoms with Gasteiger partial charge in [-0.1, -0.05) is 15.9 Å². The lowest BCUT2D eigenvalue weighted by Gasteiger charge is -2.12. The summed E-state index contributed by atoms with van der Waals surface area (Å²) in [5.41, 5.74) is 4.91. The van der Waals surface area contributed by atoms with E-state index < -0.39 is 10.2 Å².